The van der Waals surface area contributed by atoms with E-state index in [0.29, 0.717) is 24.8 Å². The molecule has 1 amide bonds. The number of hydrogen-bond acceptors (Lipinski definition) is 5. The largest absolute Gasteiger partial charge is 0.374 e. The van der Waals surface area contributed by atoms with E-state index in [1.165, 1.54) is 11.0 Å². The van der Waals surface area contributed by atoms with Crippen molar-refractivity contribution in [3.63, 3.8) is 0 Å². The first kappa shape index (κ1) is 17.6. The van der Waals surface area contributed by atoms with Crippen LogP contribution >= 0.6 is 0 Å². The van der Waals surface area contributed by atoms with Gasteiger partial charge in [0.15, 0.2) is 5.69 Å². The number of morpholine rings is 1. The Morgan fingerprint density at radius 2 is 2.16 bits per heavy atom. The van der Waals surface area contributed by atoms with E-state index in [2.05, 4.69) is 34.3 Å². The molecule has 2 heterocycles. The fraction of sp³-hybridized carbons (Fsp3) is 0.500. The molecule has 1 saturated heterocycles. The molecule has 25 heavy (non-hydrogen) atoms. The summed E-state index contributed by atoms with van der Waals surface area (Å²) < 4.78 is 5.75. The SMILES string of the molecule is CC(C)CN1CCO[C@@H](CNC(=O)c2cnn(-c3ccccc3)n2)C1. The number of aromatic nitrogens is 3. The second-order valence-corrected chi connectivity index (χ2v) is 6.71. The van der Waals surface area contributed by atoms with Crippen LogP contribution in [0.4, 0.5) is 0 Å². The van der Waals surface area contributed by atoms with Gasteiger partial charge in [-0.2, -0.15) is 9.90 Å². The van der Waals surface area contributed by atoms with E-state index in [-0.39, 0.29) is 12.0 Å². The Morgan fingerprint density at radius 1 is 1.36 bits per heavy atom. The minimum atomic E-state index is -0.230. The van der Waals surface area contributed by atoms with Crippen LogP contribution in [0.5, 0.6) is 0 Å². The third-order valence-electron chi connectivity index (χ3n) is 4.05. The van der Waals surface area contributed by atoms with Gasteiger partial charge in [0.1, 0.15) is 0 Å². The summed E-state index contributed by atoms with van der Waals surface area (Å²) in [7, 11) is 0. The van der Waals surface area contributed by atoms with Crippen molar-refractivity contribution in [1.29, 1.82) is 0 Å². The lowest BCUT2D eigenvalue weighted by molar-refractivity contribution is -0.0295. The molecule has 7 heteroatoms. The van der Waals surface area contributed by atoms with Crippen molar-refractivity contribution in [2.75, 3.05) is 32.8 Å². The molecule has 0 radical (unpaired) electrons. The number of amides is 1. The van der Waals surface area contributed by atoms with Crippen molar-refractivity contribution in [1.82, 2.24) is 25.2 Å². The molecule has 1 N–H and O–H groups in total. The fourth-order valence-electron chi connectivity index (χ4n) is 2.94. The molecule has 1 aliphatic heterocycles. The summed E-state index contributed by atoms with van der Waals surface area (Å²) in [4.78, 5) is 16.1. The molecular formula is C18H25N5O2. The van der Waals surface area contributed by atoms with Crippen LogP contribution in [-0.2, 0) is 4.74 Å². The number of nitrogens with zero attached hydrogens (tertiary/aromatic N) is 4. The van der Waals surface area contributed by atoms with Crippen molar-refractivity contribution in [3.8, 4) is 5.69 Å². The number of ether oxygens (including phenoxy) is 1. The fourth-order valence-corrected chi connectivity index (χ4v) is 2.94. The van der Waals surface area contributed by atoms with Gasteiger partial charge in [0.25, 0.3) is 5.91 Å². The molecule has 134 valence electrons. The Balaban J connectivity index is 1.52. The monoisotopic (exact) mass is 343 g/mol. The summed E-state index contributed by atoms with van der Waals surface area (Å²) in [6.07, 6.45) is 1.50. The molecule has 0 aliphatic carbocycles. The third kappa shape index (κ3) is 4.87. The van der Waals surface area contributed by atoms with Crippen LogP contribution in [0, 0.1) is 5.92 Å². The summed E-state index contributed by atoms with van der Waals surface area (Å²) in [6, 6.07) is 9.51. The van der Waals surface area contributed by atoms with E-state index in [1.54, 1.807) is 0 Å². The van der Waals surface area contributed by atoms with E-state index >= 15 is 0 Å². The molecule has 3 rings (SSSR count). The number of carbonyl (C=O) groups is 1. The number of carbonyl (C=O) groups excluding carboxylic acids is 1. The molecule has 1 atom stereocenters. The highest BCUT2D eigenvalue weighted by atomic mass is 16.5. The first-order valence-corrected chi connectivity index (χ1v) is 8.71. The number of nitrogens with one attached hydrogen (secondary N) is 1. The Bertz CT molecular complexity index is 686. The molecule has 0 bridgehead atoms. The third-order valence-corrected chi connectivity index (χ3v) is 4.05. The summed E-state index contributed by atoms with van der Waals surface area (Å²) in [5.74, 6) is 0.396. The van der Waals surface area contributed by atoms with Gasteiger partial charge in [0.2, 0.25) is 0 Å². The van der Waals surface area contributed by atoms with Crippen LogP contribution in [0.3, 0.4) is 0 Å². The Labute approximate surface area is 148 Å². The highest BCUT2D eigenvalue weighted by Crippen LogP contribution is 2.08. The maximum absolute atomic E-state index is 12.3. The van der Waals surface area contributed by atoms with Crippen molar-refractivity contribution < 1.29 is 9.53 Å². The summed E-state index contributed by atoms with van der Waals surface area (Å²) in [5, 5.41) is 11.3. The van der Waals surface area contributed by atoms with Gasteiger partial charge in [-0.05, 0) is 18.1 Å². The number of benzene rings is 1. The maximum atomic E-state index is 12.3. The zero-order chi connectivity index (χ0) is 17.6. The van der Waals surface area contributed by atoms with Gasteiger partial charge >= 0.3 is 0 Å². The molecule has 0 unspecified atom stereocenters. The highest BCUT2D eigenvalue weighted by molar-refractivity contribution is 5.91. The molecule has 1 aromatic heterocycles. The van der Waals surface area contributed by atoms with Gasteiger partial charge in [-0.25, -0.2) is 0 Å². The van der Waals surface area contributed by atoms with Crippen LogP contribution in [0.25, 0.3) is 5.69 Å². The predicted octanol–water partition coefficient (Wildman–Crippen LogP) is 1.35. The minimum absolute atomic E-state index is 0.0145. The van der Waals surface area contributed by atoms with Gasteiger partial charge < -0.3 is 10.1 Å². The van der Waals surface area contributed by atoms with Crippen LogP contribution < -0.4 is 5.32 Å². The molecule has 2 aromatic rings. The Morgan fingerprint density at radius 3 is 2.92 bits per heavy atom. The first-order valence-electron chi connectivity index (χ1n) is 8.71. The number of rotatable bonds is 6. The number of para-hydroxylation sites is 1. The van der Waals surface area contributed by atoms with Crippen LogP contribution in [-0.4, -0.2) is 64.7 Å². The summed E-state index contributed by atoms with van der Waals surface area (Å²) in [6.45, 7) is 8.45. The second-order valence-electron chi connectivity index (χ2n) is 6.71. The normalized spacial score (nSPS) is 18.4. The van der Waals surface area contributed by atoms with E-state index in [0.717, 1.165) is 25.3 Å². The summed E-state index contributed by atoms with van der Waals surface area (Å²) >= 11 is 0. The lowest BCUT2D eigenvalue weighted by atomic mass is 10.2. The van der Waals surface area contributed by atoms with Gasteiger partial charge in [-0.1, -0.05) is 32.0 Å². The van der Waals surface area contributed by atoms with Crippen LogP contribution in [0.2, 0.25) is 0 Å². The lowest BCUT2D eigenvalue weighted by Gasteiger charge is -2.33. The van der Waals surface area contributed by atoms with Crippen molar-refractivity contribution in [3.05, 3.63) is 42.2 Å². The van der Waals surface area contributed by atoms with E-state index < -0.39 is 0 Å². The molecule has 7 nitrogen and oxygen atoms in total. The first-order chi connectivity index (χ1) is 12.1. The minimum Gasteiger partial charge on any atom is -0.374 e. The highest BCUT2D eigenvalue weighted by Gasteiger charge is 2.22. The predicted molar refractivity (Wildman–Crippen MR) is 94.7 cm³/mol. The van der Waals surface area contributed by atoms with E-state index in [1.807, 2.05) is 30.3 Å². The molecule has 1 fully saturated rings. The molecule has 0 spiro atoms. The van der Waals surface area contributed by atoms with Gasteiger partial charge in [-0.15, -0.1) is 5.10 Å². The average molecular weight is 343 g/mol. The Kier molecular flexibility index (Phi) is 5.78. The smallest absolute Gasteiger partial charge is 0.273 e. The standard InChI is InChI=1S/C18H25N5O2/c1-14(2)12-22-8-9-25-16(13-22)10-19-18(24)17-11-20-23(21-17)15-6-4-3-5-7-15/h3-7,11,14,16H,8-10,12-13H2,1-2H3,(H,19,24)/t16-/m0/s1. The topological polar surface area (TPSA) is 72.3 Å². The van der Waals surface area contributed by atoms with E-state index in [4.69, 9.17) is 4.74 Å². The van der Waals surface area contributed by atoms with Crippen LogP contribution in [0.1, 0.15) is 24.3 Å². The van der Waals surface area contributed by atoms with Crippen molar-refractivity contribution >= 4 is 5.91 Å². The average Bonchev–Trinajstić information content (AvgIpc) is 3.10. The maximum Gasteiger partial charge on any atom is 0.273 e. The van der Waals surface area contributed by atoms with Crippen molar-refractivity contribution in [2.24, 2.45) is 5.92 Å². The van der Waals surface area contributed by atoms with Gasteiger partial charge in [0.05, 0.1) is 24.6 Å². The zero-order valence-electron chi connectivity index (χ0n) is 14.8. The molecule has 1 aromatic carbocycles. The van der Waals surface area contributed by atoms with Gasteiger partial charge in [-0.3, -0.25) is 9.69 Å². The molecule has 0 saturated carbocycles. The zero-order valence-corrected chi connectivity index (χ0v) is 14.8. The van der Waals surface area contributed by atoms with E-state index in [9.17, 15) is 4.79 Å². The molecule has 1 aliphatic rings. The number of hydrogen-bond donors (Lipinski definition) is 1. The Hall–Kier alpha value is -2.25. The second kappa shape index (κ2) is 8.22. The quantitative estimate of drug-likeness (QED) is 0.857. The van der Waals surface area contributed by atoms with Crippen molar-refractivity contribution in [2.45, 2.75) is 20.0 Å². The van der Waals surface area contributed by atoms with Gasteiger partial charge in [0, 0.05) is 26.2 Å². The lowest BCUT2D eigenvalue weighted by Crippen LogP contribution is -2.48. The van der Waals surface area contributed by atoms with Crippen LogP contribution in [0.15, 0.2) is 36.5 Å². The summed E-state index contributed by atoms with van der Waals surface area (Å²) in [5.41, 5.74) is 1.13. The molecular weight excluding hydrogens is 318 g/mol.